The van der Waals surface area contributed by atoms with E-state index in [4.69, 9.17) is 31.3 Å². The number of hydrogen-bond acceptors (Lipinski definition) is 10. The van der Waals surface area contributed by atoms with Gasteiger partial charge in [0.25, 0.3) is 0 Å². The minimum Gasteiger partial charge on any atom is -0.394 e. The molecule has 1 heterocycles. The van der Waals surface area contributed by atoms with E-state index in [1.807, 2.05) is 0 Å². The highest BCUT2D eigenvalue weighted by Crippen LogP contribution is 2.16. The third-order valence-corrected chi connectivity index (χ3v) is 3.13. The van der Waals surface area contributed by atoms with E-state index < -0.39 is 55.5 Å². The molecule has 0 fully saturated rings. The van der Waals surface area contributed by atoms with E-state index in [-0.39, 0.29) is 11.7 Å². The molecule has 13 heteroatoms. The van der Waals surface area contributed by atoms with Crippen LogP contribution in [-0.2, 0) is 4.79 Å². The second-order valence-corrected chi connectivity index (χ2v) is 5.30. The topological polar surface area (TPSA) is 230 Å². The second-order valence-electron chi connectivity index (χ2n) is 5.30. The van der Waals surface area contributed by atoms with Gasteiger partial charge in [-0.15, -0.1) is 0 Å². The number of rotatable bonds is 9. The van der Waals surface area contributed by atoms with Gasteiger partial charge in [-0.3, -0.25) is 4.79 Å². The van der Waals surface area contributed by atoms with Gasteiger partial charge in [-0.05, 0) is 6.92 Å². The molecule has 0 bridgehead atoms. The van der Waals surface area contributed by atoms with E-state index in [0.717, 1.165) is 0 Å². The minimum absolute atomic E-state index is 0.0400. The molecule has 4 atom stereocenters. The van der Waals surface area contributed by atoms with Crippen molar-refractivity contribution in [2.24, 2.45) is 11.5 Å². The largest absolute Gasteiger partial charge is 0.394 e. The minimum atomic E-state index is -2.02. The Morgan fingerprint density at radius 1 is 1.28 bits per heavy atom. The third-order valence-electron chi connectivity index (χ3n) is 3.13. The number of nitrogens with two attached hydrogens (primary N) is 2. The van der Waals surface area contributed by atoms with Gasteiger partial charge in [-0.1, -0.05) is 5.16 Å². The van der Waals surface area contributed by atoms with Crippen LogP contribution in [0.25, 0.3) is 0 Å². The molecule has 0 aliphatic rings. The predicted molar refractivity (Wildman–Crippen MR) is 80.2 cm³/mol. The van der Waals surface area contributed by atoms with Crippen LogP contribution in [-0.4, -0.2) is 67.5 Å². The van der Waals surface area contributed by atoms with E-state index in [1.54, 1.807) is 0 Å². The molecular formula is C12H22N6O7. The molecule has 0 saturated heterocycles. The Morgan fingerprint density at radius 2 is 1.92 bits per heavy atom. The number of urea groups is 1. The molecule has 0 aliphatic heterocycles. The first kappa shape index (κ1) is 20.7. The molecule has 0 radical (unpaired) electrons. The van der Waals surface area contributed by atoms with Crippen molar-refractivity contribution < 1.29 is 34.5 Å². The second kappa shape index (κ2) is 9.24. The maximum atomic E-state index is 12.0. The van der Waals surface area contributed by atoms with Crippen LogP contribution >= 0.6 is 0 Å². The van der Waals surface area contributed by atoms with E-state index in [0.29, 0.717) is 0 Å². The lowest BCUT2D eigenvalue weighted by molar-refractivity contribution is -0.118. The van der Waals surface area contributed by atoms with Gasteiger partial charge in [0, 0.05) is 0 Å². The van der Waals surface area contributed by atoms with Gasteiger partial charge in [0.1, 0.15) is 12.1 Å². The first-order chi connectivity index (χ1) is 11.6. The average Bonchev–Trinajstić information content (AvgIpc) is 3.00. The quantitative estimate of drug-likeness (QED) is 0.200. The summed E-state index contributed by atoms with van der Waals surface area (Å²) in [5.41, 5.74) is 10.6. The lowest BCUT2D eigenvalue weighted by Gasteiger charge is -2.24. The van der Waals surface area contributed by atoms with Crippen LogP contribution in [0.15, 0.2) is 4.52 Å². The lowest BCUT2D eigenvalue weighted by Crippen LogP contribution is -2.53. The van der Waals surface area contributed by atoms with Crippen LogP contribution in [0.3, 0.4) is 0 Å². The van der Waals surface area contributed by atoms with Gasteiger partial charge >= 0.3 is 6.03 Å². The fourth-order valence-corrected chi connectivity index (χ4v) is 1.82. The fraction of sp³-hybridized carbons (Fsp3) is 0.667. The summed E-state index contributed by atoms with van der Waals surface area (Å²) in [4.78, 5) is 27.0. The summed E-state index contributed by atoms with van der Waals surface area (Å²) < 4.78 is 4.90. The molecule has 1 aromatic rings. The highest BCUT2D eigenvalue weighted by molar-refractivity contribution is 5.78. The number of carbonyl (C=O) groups excluding carboxylic acids is 2. The molecule has 0 saturated carbocycles. The molecular weight excluding hydrogens is 340 g/mol. The zero-order valence-electron chi connectivity index (χ0n) is 13.4. The Hall–Kier alpha value is -2.32. The normalized spacial score (nSPS) is 16.1. The van der Waals surface area contributed by atoms with E-state index >= 15 is 0 Å². The summed E-state index contributed by atoms with van der Waals surface area (Å²) in [5.74, 6) is -1.02. The molecule has 0 aliphatic carbocycles. The maximum Gasteiger partial charge on any atom is 0.315 e. The summed E-state index contributed by atoms with van der Waals surface area (Å²) in [7, 11) is 0. The van der Waals surface area contributed by atoms with Crippen molar-refractivity contribution in [2.75, 3.05) is 6.61 Å². The number of aliphatic hydroxyl groups excluding tert-OH is 3. The summed E-state index contributed by atoms with van der Waals surface area (Å²) in [6.45, 7) is 0.795. The van der Waals surface area contributed by atoms with Crippen molar-refractivity contribution in [1.29, 1.82) is 0 Å². The van der Waals surface area contributed by atoms with Crippen molar-refractivity contribution in [1.82, 2.24) is 20.8 Å². The van der Waals surface area contributed by atoms with Gasteiger partial charge in [0.15, 0.2) is 12.1 Å². The number of carbonyl (C=O) groups is 2. The zero-order valence-corrected chi connectivity index (χ0v) is 13.4. The summed E-state index contributed by atoms with van der Waals surface area (Å²) in [5, 5.41) is 44.5. The van der Waals surface area contributed by atoms with E-state index in [2.05, 4.69) is 20.8 Å². The zero-order chi connectivity index (χ0) is 19.1. The van der Waals surface area contributed by atoms with Gasteiger partial charge in [0.2, 0.25) is 11.8 Å². The number of nitrogens with zero attached hydrogens (tertiary/aromatic N) is 2. The molecule has 0 aromatic carbocycles. The number of amides is 3. The van der Waals surface area contributed by atoms with Crippen molar-refractivity contribution in [3.05, 3.63) is 11.7 Å². The Bertz CT molecular complexity index is 570. The summed E-state index contributed by atoms with van der Waals surface area (Å²) in [6, 6.07) is -4.37. The molecule has 1 rings (SSSR count). The number of nitrogens with one attached hydrogen (secondary N) is 2. The number of aliphatic hydroxyl groups is 4. The van der Waals surface area contributed by atoms with Gasteiger partial charge in [-0.25, -0.2) is 4.79 Å². The Morgan fingerprint density at radius 3 is 2.40 bits per heavy atom. The average molecular weight is 362 g/mol. The first-order valence-corrected chi connectivity index (χ1v) is 7.25. The summed E-state index contributed by atoms with van der Waals surface area (Å²) >= 11 is 0. The lowest BCUT2D eigenvalue weighted by atomic mass is 10.1. The van der Waals surface area contributed by atoms with Crippen LogP contribution in [0.5, 0.6) is 0 Å². The molecule has 10 N–H and O–H groups in total. The molecule has 142 valence electrons. The standard InChI is InChI=1S/C12H22N6O7/c1-4(20)8(11(22)23)16-12(24)15-6(2-7(14)21)10-17-9(18-25-10)5(13)3-19/h4-6,8,11,19-20,22-23H,2-3,13H2,1H3,(H2,14,21)(H2,15,16,24)/t4?,5-,6?,8+/m0/s1. The molecule has 3 amide bonds. The number of hydrogen-bond donors (Lipinski definition) is 8. The first-order valence-electron chi connectivity index (χ1n) is 7.25. The van der Waals surface area contributed by atoms with Gasteiger partial charge in [-0.2, -0.15) is 4.98 Å². The molecule has 1 aromatic heterocycles. The van der Waals surface area contributed by atoms with Crippen molar-refractivity contribution >= 4 is 11.9 Å². The van der Waals surface area contributed by atoms with Crippen LogP contribution < -0.4 is 22.1 Å². The van der Waals surface area contributed by atoms with Crippen LogP contribution in [0.4, 0.5) is 4.79 Å². The van der Waals surface area contributed by atoms with Gasteiger partial charge in [0.05, 0.1) is 25.2 Å². The summed E-state index contributed by atoms with van der Waals surface area (Å²) in [6.07, 6.45) is -3.68. The predicted octanol–water partition coefficient (Wildman–Crippen LogP) is -3.66. The number of primary amides is 1. The third kappa shape index (κ3) is 6.24. The van der Waals surface area contributed by atoms with Crippen LogP contribution in [0, 0.1) is 0 Å². The SMILES string of the molecule is CC(O)[C@@H](NC(=O)NC(CC(N)=O)c1nc([C@@H](N)CO)no1)C(O)O. The Balaban J connectivity index is 2.87. The van der Waals surface area contributed by atoms with Crippen LogP contribution in [0.2, 0.25) is 0 Å². The monoisotopic (exact) mass is 362 g/mol. The Kier molecular flexibility index (Phi) is 7.66. The maximum absolute atomic E-state index is 12.0. The molecule has 13 nitrogen and oxygen atoms in total. The van der Waals surface area contributed by atoms with Gasteiger partial charge < -0.3 is 47.1 Å². The van der Waals surface area contributed by atoms with Crippen molar-refractivity contribution in [3.8, 4) is 0 Å². The molecule has 0 spiro atoms. The van der Waals surface area contributed by atoms with Crippen molar-refractivity contribution in [2.45, 2.75) is 43.9 Å². The fourth-order valence-electron chi connectivity index (χ4n) is 1.82. The van der Waals surface area contributed by atoms with Crippen molar-refractivity contribution in [3.63, 3.8) is 0 Å². The highest BCUT2D eigenvalue weighted by atomic mass is 16.5. The smallest absolute Gasteiger partial charge is 0.315 e. The molecule has 2 unspecified atom stereocenters. The van der Waals surface area contributed by atoms with E-state index in [1.165, 1.54) is 6.92 Å². The Labute approximate surface area is 142 Å². The van der Waals surface area contributed by atoms with E-state index in [9.17, 15) is 14.7 Å². The van der Waals surface area contributed by atoms with Crippen LogP contribution in [0.1, 0.15) is 37.1 Å². The number of aromatic nitrogens is 2. The molecule has 25 heavy (non-hydrogen) atoms. The highest BCUT2D eigenvalue weighted by Gasteiger charge is 2.28.